The highest BCUT2D eigenvalue weighted by atomic mass is 16.6. The van der Waals surface area contributed by atoms with E-state index in [-0.39, 0.29) is 11.4 Å². The quantitative estimate of drug-likeness (QED) is 0.686. The zero-order chi connectivity index (χ0) is 15.6. The van der Waals surface area contributed by atoms with Gasteiger partial charge >= 0.3 is 0 Å². The van der Waals surface area contributed by atoms with Gasteiger partial charge in [-0.1, -0.05) is 24.3 Å². The van der Waals surface area contributed by atoms with Crippen molar-refractivity contribution in [3.8, 4) is 11.1 Å². The van der Waals surface area contributed by atoms with Crippen LogP contribution in [0.15, 0.2) is 42.5 Å². The first-order chi connectivity index (χ1) is 9.90. The molecule has 0 aromatic heterocycles. The van der Waals surface area contributed by atoms with Gasteiger partial charge in [0.2, 0.25) is 0 Å². The highest BCUT2D eigenvalue weighted by Crippen LogP contribution is 2.33. The van der Waals surface area contributed by atoms with Crippen LogP contribution in [0.3, 0.4) is 0 Å². The Morgan fingerprint density at radius 1 is 1.00 bits per heavy atom. The van der Waals surface area contributed by atoms with Gasteiger partial charge in [0.1, 0.15) is 0 Å². The number of aliphatic hydroxyl groups is 1. The second kappa shape index (κ2) is 5.68. The zero-order valence-electron chi connectivity index (χ0n) is 11.1. The lowest BCUT2D eigenvalue weighted by Gasteiger charge is -2.11. The molecule has 7 heteroatoms. The molecule has 0 amide bonds. The number of benzene rings is 2. The summed E-state index contributed by atoms with van der Waals surface area (Å²) in [5.74, 6) is 0. The molecule has 7 nitrogen and oxygen atoms in total. The van der Waals surface area contributed by atoms with Gasteiger partial charge in [-0.15, -0.1) is 0 Å². The van der Waals surface area contributed by atoms with Crippen LogP contribution in [0, 0.1) is 20.2 Å². The Hall–Kier alpha value is -2.80. The first-order valence-electron chi connectivity index (χ1n) is 6.11. The number of hydrogen-bond donors (Lipinski definition) is 1. The molecule has 0 heterocycles. The van der Waals surface area contributed by atoms with E-state index in [0.717, 1.165) is 6.07 Å². The Labute approximate surface area is 119 Å². The second-order valence-electron chi connectivity index (χ2n) is 4.52. The lowest BCUT2D eigenvalue weighted by molar-refractivity contribution is -0.394. The van der Waals surface area contributed by atoms with Gasteiger partial charge in [0.25, 0.3) is 11.4 Å². The zero-order valence-corrected chi connectivity index (χ0v) is 11.1. The van der Waals surface area contributed by atoms with Crippen molar-refractivity contribution in [3.05, 3.63) is 68.3 Å². The fourth-order valence-corrected chi connectivity index (χ4v) is 2.09. The highest BCUT2D eigenvalue weighted by molar-refractivity contribution is 5.72. The van der Waals surface area contributed by atoms with Crippen molar-refractivity contribution >= 4 is 11.4 Å². The molecule has 0 aliphatic rings. The molecule has 1 atom stereocenters. The molecule has 0 saturated carbocycles. The third kappa shape index (κ3) is 3.03. The Morgan fingerprint density at radius 2 is 1.52 bits per heavy atom. The molecule has 0 fully saturated rings. The summed E-state index contributed by atoms with van der Waals surface area (Å²) in [5, 5.41) is 31.6. The Balaban J connectivity index is 2.69. The molecule has 0 spiro atoms. The molecule has 1 unspecified atom stereocenters. The molecule has 2 rings (SSSR count). The summed E-state index contributed by atoms with van der Waals surface area (Å²) in [6, 6.07) is 10.2. The van der Waals surface area contributed by atoms with E-state index < -0.39 is 16.0 Å². The molecule has 0 aliphatic carbocycles. The number of non-ortho nitro benzene ring substituents is 2. The van der Waals surface area contributed by atoms with Crippen molar-refractivity contribution in [2.75, 3.05) is 0 Å². The molecule has 21 heavy (non-hydrogen) atoms. The maximum atomic E-state index is 10.9. The van der Waals surface area contributed by atoms with Gasteiger partial charge in [0, 0.05) is 12.1 Å². The average Bonchev–Trinajstić information content (AvgIpc) is 2.46. The van der Waals surface area contributed by atoms with Crippen molar-refractivity contribution in [3.63, 3.8) is 0 Å². The number of aliphatic hydroxyl groups excluding tert-OH is 1. The van der Waals surface area contributed by atoms with E-state index in [1.165, 1.54) is 12.1 Å². The predicted molar refractivity (Wildman–Crippen MR) is 75.8 cm³/mol. The topological polar surface area (TPSA) is 107 Å². The van der Waals surface area contributed by atoms with Gasteiger partial charge in [-0.3, -0.25) is 20.2 Å². The minimum atomic E-state index is -0.792. The van der Waals surface area contributed by atoms with Crippen LogP contribution in [0.4, 0.5) is 11.4 Å². The van der Waals surface area contributed by atoms with Crippen LogP contribution in [0.2, 0.25) is 0 Å². The molecular weight excluding hydrogens is 276 g/mol. The van der Waals surface area contributed by atoms with E-state index in [0.29, 0.717) is 16.7 Å². The molecule has 2 aromatic rings. The smallest absolute Gasteiger partial charge is 0.276 e. The fourth-order valence-electron chi connectivity index (χ4n) is 2.09. The fraction of sp³-hybridized carbons (Fsp3) is 0.143. The van der Waals surface area contributed by atoms with E-state index in [4.69, 9.17) is 0 Å². The summed E-state index contributed by atoms with van der Waals surface area (Å²) in [7, 11) is 0. The molecule has 0 bridgehead atoms. The van der Waals surface area contributed by atoms with Crippen molar-refractivity contribution < 1.29 is 15.0 Å². The number of nitro groups is 2. The summed E-state index contributed by atoms with van der Waals surface area (Å²) < 4.78 is 0. The van der Waals surface area contributed by atoms with E-state index >= 15 is 0 Å². The summed E-state index contributed by atoms with van der Waals surface area (Å²) in [4.78, 5) is 20.5. The minimum Gasteiger partial charge on any atom is -0.389 e. The molecule has 0 saturated heterocycles. The van der Waals surface area contributed by atoms with Gasteiger partial charge in [-0.2, -0.15) is 0 Å². The normalized spacial score (nSPS) is 11.9. The first-order valence-corrected chi connectivity index (χ1v) is 6.11. The van der Waals surface area contributed by atoms with Gasteiger partial charge in [-0.05, 0) is 23.6 Å². The molecule has 2 aromatic carbocycles. The second-order valence-corrected chi connectivity index (χ2v) is 4.52. The summed E-state index contributed by atoms with van der Waals surface area (Å²) in [5.41, 5.74) is 0.679. The third-order valence-corrected chi connectivity index (χ3v) is 3.05. The Kier molecular flexibility index (Phi) is 3.95. The van der Waals surface area contributed by atoms with E-state index in [9.17, 15) is 25.3 Å². The van der Waals surface area contributed by atoms with Gasteiger partial charge < -0.3 is 5.11 Å². The highest BCUT2D eigenvalue weighted by Gasteiger charge is 2.19. The monoisotopic (exact) mass is 288 g/mol. The van der Waals surface area contributed by atoms with Crippen molar-refractivity contribution in [1.82, 2.24) is 0 Å². The number of hydrogen-bond acceptors (Lipinski definition) is 5. The van der Waals surface area contributed by atoms with Crippen LogP contribution in [0.25, 0.3) is 11.1 Å². The van der Waals surface area contributed by atoms with Gasteiger partial charge in [0.05, 0.1) is 22.0 Å². The Morgan fingerprint density at radius 3 is 2.00 bits per heavy atom. The largest absolute Gasteiger partial charge is 0.389 e. The van der Waals surface area contributed by atoms with Crippen LogP contribution >= 0.6 is 0 Å². The van der Waals surface area contributed by atoms with Crippen LogP contribution in [0.5, 0.6) is 0 Å². The minimum absolute atomic E-state index is 0.326. The number of nitrogens with zero attached hydrogens (tertiary/aromatic N) is 2. The van der Waals surface area contributed by atoms with Crippen LogP contribution in [-0.4, -0.2) is 15.0 Å². The maximum absolute atomic E-state index is 10.9. The van der Waals surface area contributed by atoms with Gasteiger partial charge in [0.15, 0.2) is 0 Å². The Bertz CT molecular complexity index is 680. The standard InChI is InChI=1S/C14H12N2O5/c1-9(17)13-4-2-3-5-14(13)10-6-11(15(18)19)8-12(7-10)16(20)21/h2-9,17H,1H3. The van der Waals surface area contributed by atoms with E-state index in [2.05, 4.69) is 0 Å². The van der Waals surface area contributed by atoms with Crippen molar-refractivity contribution in [2.45, 2.75) is 13.0 Å². The van der Waals surface area contributed by atoms with Crippen LogP contribution in [-0.2, 0) is 0 Å². The third-order valence-electron chi connectivity index (χ3n) is 3.05. The van der Waals surface area contributed by atoms with Crippen molar-refractivity contribution in [2.24, 2.45) is 0 Å². The molecule has 1 N–H and O–H groups in total. The molecular formula is C14H12N2O5. The van der Waals surface area contributed by atoms with Gasteiger partial charge in [-0.25, -0.2) is 0 Å². The van der Waals surface area contributed by atoms with Crippen LogP contribution < -0.4 is 0 Å². The molecule has 108 valence electrons. The molecule has 0 aliphatic heterocycles. The predicted octanol–water partition coefficient (Wildman–Crippen LogP) is 3.22. The number of rotatable bonds is 4. The first kappa shape index (κ1) is 14.6. The molecule has 0 radical (unpaired) electrons. The SMILES string of the molecule is CC(O)c1ccccc1-c1cc([N+](=O)[O-])cc([N+](=O)[O-])c1. The summed E-state index contributed by atoms with van der Waals surface area (Å²) in [6.45, 7) is 1.56. The maximum Gasteiger partial charge on any atom is 0.276 e. The van der Waals surface area contributed by atoms with E-state index in [1.54, 1.807) is 31.2 Å². The van der Waals surface area contributed by atoms with Crippen molar-refractivity contribution in [1.29, 1.82) is 0 Å². The summed E-state index contributed by atoms with van der Waals surface area (Å²) in [6.07, 6.45) is -0.792. The van der Waals surface area contributed by atoms with Crippen LogP contribution in [0.1, 0.15) is 18.6 Å². The van der Waals surface area contributed by atoms with E-state index in [1.807, 2.05) is 0 Å². The average molecular weight is 288 g/mol. The lowest BCUT2D eigenvalue weighted by atomic mass is 9.96. The summed E-state index contributed by atoms with van der Waals surface area (Å²) >= 11 is 0. The lowest BCUT2D eigenvalue weighted by Crippen LogP contribution is -1.97. The number of nitro benzene ring substituents is 2.